The lowest BCUT2D eigenvalue weighted by Gasteiger charge is -2.07. The molecule has 0 aliphatic heterocycles. The third-order valence-electron chi connectivity index (χ3n) is 3.68. The fraction of sp³-hybridized carbons (Fsp3) is 0.0625. The summed E-state index contributed by atoms with van der Waals surface area (Å²) < 4.78 is 0. The molecule has 0 radical (unpaired) electrons. The average Bonchev–Trinajstić information content (AvgIpc) is 2.73. The normalized spacial score (nSPS) is 12.6. The summed E-state index contributed by atoms with van der Waals surface area (Å²) in [4.78, 5) is 20.9. The lowest BCUT2D eigenvalue weighted by atomic mass is 9.99. The zero-order chi connectivity index (χ0) is 13.0. The second-order valence-electron chi connectivity index (χ2n) is 4.77. The molecule has 3 heteroatoms. The van der Waals surface area contributed by atoms with Crippen LogP contribution in [0.1, 0.15) is 21.5 Å². The lowest BCUT2D eigenvalue weighted by molar-refractivity contribution is 0.104. The van der Waals surface area contributed by atoms with Crippen LogP contribution >= 0.6 is 0 Å². The van der Waals surface area contributed by atoms with Crippen molar-refractivity contribution in [3.8, 4) is 11.1 Å². The van der Waals surface area contributed by atoms with Crippen molar-refractivity contribution in [2.24, 2.45) is 0 Å². The number of carbonyl (C=O) groups is 1. The molecule has 0 spiro atoms. The summed E-state index contributed by atoms with van der Waals surface area (Å²) in [6.07, 6.45) is 5.11. The molecule has 0 bridgehead atoms. The van der Waals surface area contributed by atoms with Crippen molar-refractivity contribution in [3.05, 3.63) is 59.5 Å². The SMILES string of the molecule is Cc1cccc2ncc3c(c12)-c1cnccc1C3=O. The van der Waals surface area contributed by atoms with Gasteiger partial charge in [0.05, 0.1) is 5.52 Å². The van der Waals surface area contributed by atoms with Crippen molar-refractivity contribution in [1.29, 1.82) is 0 Å². The number of rotatable bonds is 0. The molecule has 3 aromatic rings. The van der Waals surface area contributed by atoms with Crippen LogP contribution in [0.3, 0.4) is 0 Å². The standard InChI is InChI=1S/C16H10N2O/c1-9-3-2-4-13-14(9)15-11-7-17-6-5-10(11)16(19)12(15)8-18-13/h2-8H,1H3. The van der Waals surface area contributed by atoms with Crippen LogP contribution in [0.5, 0.6) is 0 Å². The quantitative estimate of drug-likeness (QED) is 0.478. The lowest BCUT2D eigenvalue weighted by Crippen LogP contribution is -1.96. The minimum Gasteiger partial charge on any atom is -0.289 e. The Labute approximate surface area is 109 Å². The molecule has 1 aliphatic rings. The van der Waals surface area contributed by atoms with Crippen LogP contribution in [0.15, 0.2) is 42.9 Å². The van der Waals surface area contributed by atoms with Crippen LogP contribution in [0, 0.1) is 6.92 Å². The minimum atomic E-state index is 0.0463. The Balaban J connectivity index is 2.25. The molecule has 0 N–H and O–H groups in total. The molecular weight excluding hydrogens is 236 g/mol. The van der Waals surface area contributed by atoms with Crippen LogP contribution in [0.25, 0.3) is 22.0 Å². The molecule has 0 saturated carbocycles. The number of fused-ring (bicyclic) bond motifs is 5. The fourth-order valence-corrected chi connectivity index (χ4v) is 2.81. The van der Waals surface area contributed by atoms with E-state index in [1.54, 1.807) is 24.7 Å². The van der Waals surface area contributed by atoms with E-state index in [0.717, 1.165) is 33.2 Å². The molecule has 19 heavy (non-hydrogen) atoms. The van der Waals surface area contributed by atoms with E-state index in [0.29, 0.717) is 5.56 Å². The summed E-state index contributed by atoms with van der Waals surface area (Å²) in [6.45, 7) is 2.04. The largest absolute Gasteiger partial charge is 0.289 e. The van der Waals surface area contributed by atoms with Crippen molar-refractivity contribution in [2.45, 2.75) is 6.92 Å². The van der Waals surface area contributed by atoms with Gasteiger partial charge in [-0.1, -0.05) is 12.1 Å². The highest BCUT2D eigenvalue weighted by atomic mass is 16.1. The zero-order valence-electron chi connectivity index (χ0n) is 10.3. The Morgan fingerprint density at radius 2 is 1.89 bits per heavy atom. The molecule has 90 valence electrons. The summed E-state index contributed by atoms with van der Waals surface area (Å²) in [7, 11) is 0. The highest BCUT2D eigenvalue weighted by Gasteiger charge is 2.29. The van der Waals surface area contributed by atoms with Gasteiger partial charge in [0.15, 0.2) is 5.78 Å². The van der Waals surface area contributed by atoms with Gasteiger partial charge in [0, 0.05) is 46.2 Å². The Kier molecular flexibility index (Phi) is 1.90. The fourth-order valence-electron chi connectivity index (χ4n) is 2.81. The van der Waals surface area contributed by atoms with Crippen molar-refractivity contribution >= 4 is 16.7 Å². The van der Waals surface area contributed by atoms with Gasteiger partial charge in [-0.25, -0.2) is 0 Å². The molecule has 0 fully saturated rings. The first-order chi connectivity index (χ1) is 9.27. The first kappa shape index (κ1) is 10.4. The summed E-state index contributed by atoms with van der Waals surface area (Å²) >= 11 is 0. The number of carbonyl (C=O) groups excluding carboxylic acids is 1. The van der Waals surface area contributed by atoms with Gasteiger partial charge in [-0.15, -0.1) is 0 Å². The van der Waals surface area contributed by atoms with Gasteiger partial charge in [0.2, 0.25) is 0 Å². The zero-order valence-corrected chi connectivity index (χ0v) is 10.3. The number of hydrogen-bond donors (Lipinski definition) is 0. The summed E-state index contributed by atoms with van der Waals surface area (Å²) in [5.41, 5.74) is 5.36. The third-order valence-corrected chi connectivity index (χ3v) is 3.68. The second kappa shape index (κ2) is 3.48. The van der Waals surface area contributed by atoms with Crippen molar-refractivity contribution < 1.29 is 4.79 Å². The van der Waals surface area contributed by atoms with Gasteiger partial charge in [-0.2, -0.15) is 0 Å². The maximum Gasteiger partial charge on any atom is 0.195 e. The van der Waals surface area contributed by atoms with Crippen LogP contribution in [-0.4, -0.2) is 15.8 Å². The Morgan fingerprint density at radius 3 is 2.79 bits per heavy atom. The van der Waals surface area contributed by atoms with E-state index in [-0.39, 0.29) is 5.78 Å². The summed E-state index contributed by atoms with van der Waals surface area (Å²) in [6, 6.07) is 7.78. The molecule has 0 amide bonds. The Hall–Kier alpha value is -2.55. The van der Waals surface area contributed by atoms with Gasteiger partial charge in [-0.3, -0.25) is 14.8 Å². The van der Waals surface area contributed by atoms with Gasteiger partial charge in [0.25, 0.3) is 0 Å². The topological polar surface area (TPSA) is 42.9 Å². The van der Waals surface area contributed by atoms with E-state index in [1.807, 2.05) is 25.1 Å². The van der Waals surface area contributed by atoms with Crippen LogP contribution < -0.4 is 0 Å². The molecule has 2 aromatic heterocycles. The van der Waals surface area contributed by atoms with E-state index >= 15 is 0 Å². The number of nitrogens with zero attached hydrogens (tertiary/aromatic N) is 2. The molecule has 2 heterocycles. The van der Waals surface area contributed by atoms with E-state index < -0.39 is 0 Å². The number of hydrogen-bond acceptors (Lipinski definition) is 3. The highest BCUT2D eigenvalue weighted by molar-refractivity contribution is 6.25. The molecule has 1 aliphatic carbocycles. The maximum absolute atomic E-state index is 12.4. The van der Waals surface area contributed by atoms with Gasteiger partial charge < -0.3 is 0 Å². The van der Waals surface area contributed by atoms with Crippen molar-refractivity contribution in [3.63, 3.8) is 0 Å². The van der Waals surface area contributed by atoms with E-state index in [1.165, 1.54) is 0 Å². The van der Waals surface area contributed by atoms with E-state index in [4.69, 9.17) is 0 Å². The Morgan fingerprint density at radius 1 is 1.00 bits per heavy atom. The number of ketones is 1. The van der Waals surface area contributed by atoms with Gasteiger partial charge in [0.1, 0.15) is 0 Å². The molecule has 0 atom stereocenters. The van der Waals surface area contributed by atoms with Crippen LogP contribution in [0.4, 0.5) is 0 Å². The summed E-state index contributed by atoms with van der Waals surface area (Å²) in [5.74, 6) is 0.0463. The van der Waals surface area contributed by atoms with Gasteiger partial charge >= 0.3 is 0 Å². The molecule has 1 aromatic carbocycles. The third kappa shape index (κ3) is 1.24. The molecule has 0 unspecified atom stereocenters. The maximum atomic E-state index is 12.4. The molecular formula is C16H10N2O. The number of aromatic nitrogens is 2. The van der Waals surface area contributed by atoms with Gasteiger partial charge in [-0.05, 0) is 24.6 Å². The van der Waals surface area contributed by atoms with Crippen LogP contribution in [-0.2, 0) is 0 Å². The smallest absolute Gasteiger partial charge is 0.195 e. The number of pyridine rings is 2. The van der Waals surface area contributed by atoms with E-state index in [9.17, 15) is 4.79 Å². The monoisotopic (exact) mass is 246 g/mol. The second-order valence-corrected chi connectivity index (χ2v) is 4.77. The van der Waals surface area contributed by atoms with Crippen molar-refractivity contribution in [1.82, 2.24) is 9.97 Å². The predicted molar refractivity (Wildman–Crippen MR) is 73.1 cm³/mol. The molecule has 4 rings (SSSR count). The highest BCUT2D eigenvalue weighted by Crippen LogP contribution is 2.40. The minimum absolute atomic E-state index is 0.0463. The first-order valence-electron chi connectivity index (χ1n) is 6.15. The number of aryl methyl sites for hydroxylation is 1. The average molecular weight is 246 g/mol. The first-order valence-corrected chi connectivity index (χ1v) is 6.15. The van der Waals surface area contributed by atoms with Crippen molar-refractivity contribution in [2.75, 3.05) is 0 Å². The number of benzene rings is 1. The van der Waals surface area contributed by atoms with Crippen LogP contribution in [0.2, 0.25) is 0 Å². The predicted octanol–water partition coefficient (Wildman–Crippen LogP) is 3.15. The van der Waals surface area contributed by atoms with E-state index in [2.05, 4.69) is 9.97 Å². The Bertz CT molecular complexity index is 852. The molecule has 0 saturated heterocycles. The molecule has 3 nitrogen and oxygen atoms in total. The summed E-state index contributed by atoms with van der Waals surface area (Å²) in [5, 5.41) is 1.06.